The van der Waals surface area contributed by atoms with Crippen LogP contribution in [-0.4, -0.2) is 60.4 Å². The minimum atomic E-state index is -1.95. The quantitative estimate of drug-likeness (QED) is 0.0978. The number of hydrogen-bond donors (Lipinski definition) is 4. The molecule has 3 unspecified atom stereocenters. The summed E-state index contributed by atoms with van der Waals surface area (Å²) >= 11 is 0. The number of carbonyl (C=O) groups is 3. The minimum absolute atomic E-state index is 0.0557. The highest BCUT2D eigenvalue weighted by molar-refractivity contribution is 6.32. The Morgan fingerprint density at radius 2 is 1.95 bits per heavy atom. The Labute approximate surface area is 227 Å². The topological polar surface area (TPSA) is 161 Å². The van der Waals surface area contributed by atoms with Gasteiger partial charge in [0.2, 0.25) is 5.78 Å². The normalized spacial score (nSPS) is 27.5. The molecule has 0 amide bonds. The highest BCUT2D eigenvalue weighted by Gasteiger charge is 2.85. The predicted octanol–water partition coefficient (Wildman–Crippen LogP) is 2.02. The molecule has 1 saturated heterocycles. The van der Waals surface area contributed by atoms with Gasteiger partial charge in [-0.1, -0.05) is 42.0 Å². The first-order valence-corrected chi connectivity index (χ1v) is 13.4. The molecule has 1 aromatic rings. The van der Waals surface area contributed by atoms with E-state index in [9.17, 15) is 14.4 Å². The molecule has 39 heavy (non-hydrogen) atoms. The molecule has 0 radical (unpaired) electrons. The zero-order valence-corrected chi connectivity index (χ0v) is 22.3. The van der Waals surface area contributed by atoms with Gasteiger partial charge >= 0.3 is 5.97 Å². The zero-order chi connectivity index (χ0) is 27.8. The summed E-state index contributed by atoms with van der Waals surface area (Å²) in [5, 5.41) is 6.26. The maximum atomic E-state index is 13.8. The molecule has 5 rings (SSSR count). The van der Waals surface area contributed by atoms with Gasteiger partial charge < -0.3 is 31.6 Å². The first kappa shape index (κ1) is 26.7. The summed E-state index contributed by atoms with van der Waals surface area (Å²) in [4.78, 5) is 45.0. The molecule has 2 fully saturated rings. The number of fused-ring (bicyclic) bond motifs is 2. The van der Waals surface area contributed by atoms with E-state index in [1.807, 2.05) is 25.2 Å². The van der Waals surface area contributed by atoms with Crippen LogP contribution in [0.1, 0.15) is 66.2 Å². The molecule has 3 atom stereocenters. The number of nitrogens with two attached hydrogens (primary N) is 2. The highest BCUT2D eigenvalue weighted by Crippen LogP contribution is 2.58. The van der Waals surface area contributed by atoms with Crippen molar-refractivity contribution >= 4 is 23.5 Å². The van der Waals surface area contributed by atoms with Gasteiger partial charge in [-0.05, 0) is 50.7 Å². The summed E-state index contributed by atoms with van der Waals surface area (Å²) in [7, 11) is 1.60. The van der Waals surface area contributed by atoms with E-state index in [2.05, 4.69) is 15.6 Å². The summed E-state index contributed by atoms with van der Waals surface area (Å²) in [5.74, 6) is -0.826. The Balaban J connectivity index is 1.42. The van der Waals surface area contributed by atoms with Crippen LogP contribution < -0.4 is 22.1 Å². The van der Waals surface area contributed by atoms with E-state index in [0.717, 1.165) is 36.8 Å². The largest absolute Gasteiger partial charge is 0.460 e. The fourth-order valence-electron chi connectivity index (χ4n) is 5.81. The van der Waals surface area contributed by atoms with Crippen LogP contribution in [0.5, 0.6) is 0 Å². The van der Waals surface area contributed by atoms with E-state index in [0.29, 0.717) is 18.8 Å². The standard InChI is InChI=1S/C29H35N5O5/c1-17(15-22(34-27(31)32-2)18-12-14-33-23(30)16-18)11-13-28-24(35)20-9-5-6-10-21(20)25(36)29(28,39-28)26(37)38-19-7-3-4-8-19/h5-6,9-12,16,19,22,33H,3-4,7-8,13-15,30H2,1-2H3,(H3,31,32,34). The van der Waals surface area contributed by atoms with Crippen molar-refractivity contribution in [2.24, 2.45) is 16.5 Å². The molecule has 10 heteroatoms. The summed E-state index contributed by atoms with van der Waals surface area (Å²) in [6, 6.07) is 6.32. The zero-order valence-electron chi connectivity index (χ0n) is 22.3. The third kappa shape index (κ3) is 4.63. The molecule has 10 nitrogen and oxygen atoms in total. The Morgan fingerprint density at radius 3 is 2.62 bits per heavy atom. The fourth-order valence-corrected chi connectivity index (χ4v) is 5.81. The second-order valence-corrected chi connectivity index (χ2v) is 10.6. The maximum absolute atomic E-state index is 13.8. The van der Waals surface area contributed by atoms with E-state index < -0.39 is 23.0 Å². The van der Waals surface area contributed by atoms with Gasteiger partial charge in [0.05, 0.1) is 11.9 Å². The number of nitrogens with zero attached hydrogens (tertiary/aromatic N) is 1. The van der Waals surface area contributed by atoms with Crippen molar-refractivity contribution in [3.05, 3.63) is 70.6 Å². The molecule has 0 aromatic heterocycles. The van der Waals surface area contributed by atoms with Gasteiger partial charge in [0.25, 0.3) is 5.60 Å². The second-order valence-electron chi connectivity index (χ2n) is 10.6. The maximum Gasteiger partial charge on any atom is 0.350 e. The number of benzene rings is 1. The smallest absolute Gasteiger partial charge is 0.350 e. The molecule has 1 saturated carbocycles. The number of dihydropyridines is 1. The predicted molar refractivity (Wildman–Crippen MR) is 146 cm³/mol. The third-order valence-electron chi connectivity index (χ3n) is 8.02. The van der Waals surface area contributed by atoms with Crippen LogP contribution in [0.25, 0.3) is 0 Å². The number of guanidine groups is 1. The van der Waals surface area contributed by atoms with Crippen LogP contribution in [0.4, 0.5) is 0 Å². The summed E-state index contributed by atoms with van der Waals surface area (Å²) in [5.41, 5.74) is 10.7. The van der Waals surface area contributed by atoms with Gasteiger partial charge in [-0.3, -0.25) is 14.6 Å². The molecule has 0 bridgehead atoms. The first-order valence-electron chi connectivity index (χ1n) is 13.4. The molecule has 2 aliphatic heterocycles. The average Bonchev–Trinajstić information content (AvgIpc) is 3.39. The second kappa shape index (κ2) is 10.3. The molecule has 4 aliphatic rings. The number of epoxide rings is 1. The van der Waals surface area contributed by atoms with Gasteiger partial charge in [0.15, 0.2) is 17.3 Å². The SMILES string of the molecule is CN=C(N)NC(CC(C)=CCC12OC1(C(=O)OC1CCCC1)C(=O)c1ccccc1C2=O)C1=CCNC(N)=C1. The van der Waals surface area contributed by atoms with Crippen LogP contribution in [0.3, 0.4) is 0 Å². The Bertz CT molecular complexity index is 1320. The number of Topliss-reactive ketones (excluding diaryl/α,β-unsaturated/α-hetero) is 2. The molecular weight excluding hydrogens is 498 g/mol. The van der Waals surface area contributed by atoms with Gasteiger partial charge in [-0.25, -0.2) is 4.79 Å². The number of ether oxygens (including phenoxy) is 2. The van der Waals surface area contributed by atoms with Crippen molar-refractivity contribution in [1.29, 1.82) is 0 Å². The third-order valence-corrected chi connectivity index (χ3v) is 8.02. The summed E-state index contributed by atoms with van der Waals surface area (Å²) in [6.07, 6.45) is 9.43. The van der Waals surface area contributed by atoms with E-state index in [1.165, 1.54) is 0 Å². The van der Waals surface area contributed by atoms with Crippen LogP contribution in [-0.2, 0) is 14.3 Å². The van der Waals surface area contributed by atoms with Gasteiger partial charge in [-0.15, -0.1) is 0 Å². The lowest BCUT2D eigenvalue weighted by atomic mass is 9.72. The molecule has 2 aliphatic carbocycles. The number of aliphatic imine (C=N–C) groups is 1. The lowest BCUT2D eigenvalue weighted by molar-refractivity contribution is -0.153. The number of carbonyl (C=O) groups excluding carboxylic acids is 3. The van der Waals surface area contributed by atoms with E-state index in [4.69, 9.17) is 20.9 Å². The van der Waals surface area contributed by atoms with Crippen LogP contribution in [0, 0.1) is 0 Å². The number of ketones is 2. The van der Waals surface area contributed by atoms with E-state index in [-0.39, 0.29) is 41.4 Å². The van der Waals surface area contributed by atoms with Crippen LogP contribution >= 0.6 is 0 Å². The molecular formula is C29H35N5O5. The summed E-state index contributed by atoms with van der Waals surface area (Å²) < 4.78 is 11.7. The molecule has 6 N–H and O–H groups in total. The van der Waals surface area contributed by atoms with E-state index in [1.54, 1.807) is 31.3 Å². The van der Waals surface area contributed by atoms with Crippen molar-refractivity contribution in [2.45, 2.75) is 68.8 Å². The first-order chi connectivity index (χ1) is 18.7. The van der Waals surface area contributed by atoms with Crippen molar-refractivity contribution < 1.29 is 23.9 Å². The number of esters is 1. The van der Waals surface area contributed by atoms with Crippen molar-refractivity contribution in [1.82, 2.24) is 10.6 Å². The average molecular weight is 534 g/mol. The lowest BCUT2D eigenvalue weighted by Crippen LogP contribution is -2.51. The molecule has 1 aromatic carbocycles. The van der Waals surface area contributed by atoms with Gasteiger partial charge in [-0.2, -0.15) is 0 Å². The Kier molecular flexibility index (Phi) is 7.07. The molecule has 0 spiro atoms. The van der Waals surface area contributed by atoms with Crippen molar-refractivity contribution in [3.8, 4) is 0 Å². The van der Waals surface area contributed by atoms with E-state index >= 15 is 0 Å². The lowest BCUT2D eigenvalue weighted by Gasteiger charge is -2.25. The Morgan fingerprint density at radius 1 is 1.26 bits per heavy atom. The van der Waals surface area contributed by atoms with Crippen LogP contribution in [0.2, 0.25) is 0 Å². The fraction of sp³-hybridized carbons (Fsp3) is 0.448. The van der Waals surface area contributed by atoms with Crippen molar-refractivity contribution in [2.75, 3.05) is 13.6 Å². The highest BCUT2D eigenvalue weighted by atomic mass is 16.7. The number of hydrogen-bond acceptors (Lipinski definition) is 8. The minimum Gasteiger partial charge on any atom is -0.460 e. The monoisotopic (exact) mass is 533 g/mol. The van der Waals surface area contributed by atoms with Gasteiger partial charge in [0.1, 0.15) is 6.10 Å². The van der Waals surface area contributed by atoms with Crippen LogP contribution in [0.15, 0.2) is 64.5 Å². The number of nitrogens with one attached hydrogen (secondary N) is 2. The number of rotatable bonds is 8. The Hall–Kier alpha value is -3.92. The molecule has 2 heterocycles. The van der Waals surface area contributed by atoms with Gasteiger partial charge in [0, 0.05) is 31.1 Å². The van der Waals surface area contributed by atoms with Crippen molar-refractivity contribution in [3.63, 3.8) is 0 Å². The molecule has 206 valence electrons. The summed E-state index contributed by atoms with van der Waals surface area (Å²) in [6.45, 7) is 2.50.